The van der Waals surface area contributed by atoms with Gasteiger partial charge in [0, 0.05) is 68.5 Å². The molecule has 1 fully saturated rings. The van der Waals surface area contributed by atoms with E-state index in [1.807, 2.05) is 30.5 Å². The largest absolute Gasteiger partial charge is 0.483 e. The Morgan fingerprint density at radius 3 is 2.43 bits per heavy atom. The number of hydrogen-bond donors (Lipinski definition) is 9. The molecule has 5 rings (SSSR count). The van der Waals surface area contributed by atoms with Crippen molar-refractivity contribution in [1.82, 2.24) is 40.5 Å². The van der Waals surface area contributed by atoms with Crippen LogP contribution in [0.1, 0.15) is 32.1 Å². The van der Waals surface area contributed by atoms with Crippen LogP contribution < -0.4 is 21.7 Å². The molecule has 360 valence electrons. The summed E-state index contributed by atoms with van der Waals surface area (Å²) in [5.41, 5.74) is 6.66. The van der Waals surface area contributed by atoms with Crippen molar-refractivity contribution in [1.29, 1.82) is 0 Å². The van der Waals surface area contributed by atoms with E-state index in [4.69, 9.17) is 37.4 Å². The fourth-order valence-electron chi connectivity index (χ4n) is 6.25. The van der Waals surface area contributed by atoms with E-state index in [0.29, 0.717) is 18.7 Å². The number of fused-ring (bicyclic) bond motifs is 2. The number of phosphoric ester groups is 3. The third kappa shape index (κ3) is 14.3. The van der Waals surface area contributed by atoms with Crippen molar-refractivity contribution < 1.29 is 79.7 Å². The summed E-state index contributed by atoms with van der Waals surface area (Å²) >= 11 is 1.34. The molecule has 0 bridgehead atoms. The smallest absolute Gasteiger partial charge is 0.386 e. The van der Waals surface area contributed by atoms with Gasteiger partial charge in [0.15, 0.2) is 17.7 Å². The van der Waals surface area contributed by atoms with Crippen molar-refractivity contribution in [2.24, 2.45) is 5.41 Å². The molecule has 10 N–H and O–H groups in total. The number of ether oxygens (including phenoxy) is 1. The van der Waals surface area contributed by atoms with Crippen LogP contribution in [0, 0.1) is 5.41 Å². The van der Waals surface area contributed by atoms with Crippen molar-refractivity contribution in [3.8, 4) is 0 Å². The molecule has 0 saturated carbocycles. The Morgan fingerprint density at radius 2 is 1.71 bits per heavy atom. The lowest BCUT2D eigenvalue weighted by atomic mass is 9.87. The molecule has 1 saturated heterocycles. The van der Waals surface area contributed by atoms with Gasteiger partial charge in [0.25, 0.3) is 0 Å². The Bertz CT molecular complexity index is 2420. The van der Waals surface area contributed by atoms with E-state index in [-0.39, 0.29) is 54.1 Å². The van der Waals surface area contributed by atoms with Gasteiger partial charge in [0.2, 0.25) is 17.7 Å². The first kappa shape index (κ1) is 52.1. The third-order valence-electron chi connectivity index (χ3n) is 9.70. The average Bonchev–Trinajstić information content (AvgIpc) is 3.97. The fourth-order valence-corrected chi connectivity index (χ4v) is 10.4. The fraction of sp³-hybridized carbons (Fsp3) is 0.543. The molecule has 3 aromatic heterocycles. The number of thioether (sulfide) groups is 1. The summed E-state index contributed by atoms with van der Waals surface area (Å²) in [5, 5.41) is 31.0. The lowest BCUT2D eigenvalue weighted by molar-refractivity contribution is -0.137. The number of aromatic amines is 1. The number of rotatable bonds is 26. The molecule has 26 nitrogen and oxygen atoms in total. The molecule has 1 aliphatic rings. The minimum Gasteiger partial charge on any atom is -0.386 e. The number of aliphatic hydroxyl groups excluding tert-OH is 2. The highest BCUT2D eigenvalue weighted by atomic mass is 32.2. The van der Waals surface area contributed by atoms with E-state index in [1.165, 1.54) is 36.5 Å². The van der Waals surface area contributed by atoms with E-state index in [0.717, 1.165) is 37.0 Å². The number of nitrogens with zero attached hydrogens (tertiary/aromatic N) is 4. The van der Waals surface area contributed by atoms with Crippen LogP contribution in [0.3, 0.4) is 0 Å². The van der Waals surface area contributed by atoms with Gasteiger partial charge in [0.1, 0.15) is 36.3 Å². The first-order chi connectivity index (χ1) is 30.7. The van der Waals surface area contributed by atoms with E-state index in [1.54, 1.807) is 0 Å². The van der Waals surface area contributed by atoms with Crippen molar-refractivity contribution in [3.63, 3.8) is 0 Å². The summed E-state index contributed by atoms with van der Waals surface area (Å²) in [6.07, 6.45) is -3.77. The second-order valence-corrected chi connectivity index (χ2v) is 20.9. The maximum absolute atomic E-state index is 13.6. The van der Waals surface area contributed by atoms with Gasteiger partial charge < -0.3 is 51.4 Å². The molecule has 7 unspecified atom stereocenters. The zero-order valence-electron chi connectivity index (χ0n) is 35.5. The van der Waals surface area contributed by atoms with Gasteiger partial charge in [0.05, 0.1) is 25.3 Å². The SMILES string of the molecule is COP(=O)(OCC1OC(n2cnc3c(N)ncnc32)C(O)C1OP(=O)(O)O)OP(=O)(OC)OCC(C)(C)C(O)C(=O)NCCC(=O)NCCSCC(=O)NCCc1c[nH]c2ccccc12. The molecule has 0 aliphatic carbocycles. The van der Waals surface area contributed by atoms with Gasteiger partial charge >= 0.3 is 23.5 Å². The highest BCUT2D eigenvalue weighted by Crippen LogP contribution is 2.66. The predicted molar refractivity (Wildman–Crippen MR) is 232 cm³/mol. The van der Waals surface area contributed by atoms with E-state index in [9.17, 15) is 48.1 Å². The van der Waals surface area contributed by atoms with Gasteiger partial charge in [-0.15, -0.1) is 0 Å². The van der Waals surface area contributed by atoms with Gasteiger partial charge in [-0.2, -0.15) is 16.1 Å². The summed E-state index contributed by atoms with van der Waals surface area (Å²) in [6.45, 7) is 1.70. The van der Waals surface area contributed by atoms with Crippen LogP contribution >= 0.6 is 35.2 Å². The van der Waals surface area contributed by atoms with Gasteiger partial charge in [-0.1, -0.05) is 32.0 Å². The van der Waals surface area contributed by atoms with Crippen molar-refractivity contribution in [2.75, 3.05) is 64.3 Å². The van der Waals surface area contributed by atoms with Crippen LogP contribution in [0.25, 0.3) is 22.1 Å². The number of nitrogens with two attached hydrogens (primary N) is 1. The molecule has 0 spiro atoms. The Hall–Kier alpha value is -3.88. The minimum atomic E-state index is -5.29. The van der Waals surface area contributed by atoms with Crippen LogP contribution in [-0.4, -0.2) is 145 Å². The Balaban J connectivity index is 1.02. The molecule has 30 heteroatoms. The number of carbonyl (C=O) groups is 3. The Kier molecular flexibility index (Phi) is 18.2. The number of hydrogen-bond acceptors (Lipinski definition) is 20. The molecule has 7 atom stereocenters. The first-order valence-corrected chi connectivity index (χ1v) is 25.2. The van der Waals surface area contributed by atoms with Gasteiger partial charge in [-0.25, -0.2) is 28.6 Å². The number of nitrogens with one attached hydrogen (secondary N) is 4. The average molecular weight is 996 g/mol. The van der Waals surface area contributed by atoms with Gasteiger partial charge in [-0.05, 0) is 18.1 Å². The summed E-state index contributed by atoms with van der Waals surface area (Å²) in [7, 11) is -13.5. The van der Waals surface area contributed by atoms with Crippen LogP contribution in [0.5, 0.6) is 0 Å². The topological polar surface area (TPSA) is 369 Å². The number of amides is 3. The standard InChI is InChI=1S/C35H52N9O17P3S/c1-35(2,30(48)33(49)39-12-10-25(45)38-13-14-65-17-26(46)37-11-9-21-15-40-23-8-6-5-7-22(21)23)18-58-64(54,56-4)61-63(53,55-3)57-16-24-29(60-62(50,51)52)28(47)34(59-24)44-20-43-27-31(36)41-19-42-32(27)44/h5-8,15,19-20,24,28-30,34,40,47-48H,9-14,16-18H2,1-4H3,(H,37,46)(H,38,45)(H,39,49)(H2,36,41,42)(H2,50,51,52). The number of para-hydroxylation sites is 1. The lowest BCUT2D eigenvalue weighted by Gasteiger charge is -2.30. The van der Waals surface area contributed by atoms with Gasteiger partial charge in [-0.3, -0.25) is 41.6 Å². The van der Waals surface area contributed by atoms with E-state index in [2.05, 4.69) is 35.9 Å². The normalized spacial score (nSPS) is 20.3. The lowest BCUT2D eigenvalue weighted by Crippen LogP contribution is -2.46. The molecule has 4 aromatic rings. The molecule has 65 heavy (non-hydrogen) atoms. The number of aromatic nitrogens is 5. The summed E-state index contributed by atoms with van der Waals surface area (Å²) in [4.78, 5) is 71.6. The predicted octanol–water partition coefficient (Wildman–Crippen LogP) is 1.29. The highest BCUT2D eigenvalue weighted by Gasteiger charge is 2.51. The molecule has 3 amide bonds. The molecule has 1 aromatic carbocycles. The van der Waals surface area contributed by atoms with E-state index >= 15 is 0 Å². The van der Waals surface area contributed by atoms with Crippen LogP contribution in [-0.2, 0) is 66.2 Å². The first-order valence-electron chi connectivity index (χ1n) is 19.6. The number of H-pyrrole nitrogens is 1. The Labute approximate surface area is 375 Å². The summed E-state index contributed by atoms with van der Waals surface area (Å²) in [5.74, 6) is -0.749. The number of benzene rings is 1. The quantitative estimate of drug-likeness (QED) is 0.0316. The van der Waals surface area contributed by atoms with Crippen LogP contribution in [0.4, 0.5) is 5.82 Å². The highest BCUT2D eigenvalue weighted by molar-refractivity contribution is 7.99. The zero-order valence-corrected chi connectivity index (χ0v) is 39.0. The van der Waals surface area contributed by atoms with Crippen LogP contribution in [0.2, 0.25) is 0 Å². The number of imidazole rings is 1. The van der Waals surface area contributed by atoms with Crippen molar-refractivity contribution >= 4 is 80.8 Å². The molecule has 1 aliphatic heterocycles. The summed E-state index contributed by atoms with van der Waals surface area (Å²) < 4.78 is 75.9. The zero-order chi connectivity index (χ0) is 47.6. The maximum Gasteiger partial charge on any atom is 0.483 e. The molecule has 4 heterocycles. The number of anilines is 1. The van der Waals surface area contributed by atoms with E-state index < -0.39 is 78.6 Å². The number of nitrogen functional groups attached to an aromatic ring is 1. The second-order valence-electron chi connectivity index (χ2n) is 14.9. The second kappa shape index (κ2) is 22.7. The molecule has 0 radical (unpaired) electrons. The maximum atomic E-state index is 13.6. The Morgan fingerprint density at radius 1 is 1.00 bits per heavy atom. The third-order valence-corrected chi connectivity index (χ3v) is 14.6. The monoisotopic (exact) mass is 995 g/mol. The minimum absolute atomic E-state index is 0.0121. The number of phosphoric acid groups is 3. The molecular formula is C35H52N9O17P3S. The number of carbonyl (C=O) groups excluding carboxylic acids is 3. The van der Waals surface area contributed by atoms with Crippen molar-refractivity contribution in [2.45, 2.75) is 57.3 Å². The molecular weight excluding hydrogens is 943 g/mol. The van der Waals surface area contributed by atoms with Crippen LogP contribution in [0.15, 0.2) is 43.1 Å². The number of aliphatic hydroxyl groups is 2. The van der Waals surface area contributed by atoms with Crippen molar-refractivity contribution in [3.05, 3.63) is 48.7 Å². The summed E-state index contributed by atoms with van der Waals surface area (Å²) in [6, 6.07) is 7.91.